The van der Waals surface area contributed by atoms with Gasteiger partial charge in [0.1, 0.15) is 12.0 Å². The number of likely N-dealkylation sites (N-methyl/N-ethyl adjacent to an activating group) is 1. The molecule has 1 saturated carbocycles. The van der Waals surface area contributed by atoms with Gasteiger partial charge in [-0.25, -0.2) is 9.98 Å². The Hall–Kier alpha value is -2.10. The fourth-order valence-electron chi connectivity index (χ4n) is 3.54. The van der Waals surface area contributed by atoms with E-state index in [1.807, 2.05) is 24.3 Å². The van der Waals surface area contributed by atoms with E-state index in [4.69, 9.17) is 4.42 Å². The summed E-state index contributed by atoms with van der Waals surface area (Å²) in [6, 6.07) is 8.44. The highest BCUT2D eigenvalue weighted by atomic mass is 127. The predicted octanol–water partition coefficient (Wildman–Crippen LogP) is 3.97. The van der Waals surface area contributed by atoms with Crippen LogP contribution in [0.3, 0.4) is 0 Å². The SMILES string of the molecule is Cc1ccc(-c2nc(CN=C(NCC(=O)N(C)C)NC3CCCCC3C)co2)cc1.I. The second-order valence-corrected chi connectivity index (χ2v) is 8.33. The summed E-state index contributed by atoms with van der Waals surface area (Å²) in [4.78, 5) is 22.8. The number of nitrogens with one attached hydrogen (secondary N) is 2. The van der Waals surface area contributed by atoms with Gasteiger partial charge in [-0.3, -0.25) is 4.79 Å². The lowest BCUT2D eigenvalue weighted by Crippen LogP contribution is -2.49. The van der Waals surface area contributed by atoms with E-state index in [1.54, 1.807) is 25.3 Å². The number of benzene rings is 1. The molecule has 2 aromatic rings. The largest absolute Gasteiger partial charge is 0.444 e. The topological polar surface area (TPSA) is 82.8 Å². The number of nitrogens with zero attached hydrogens (tertiary/aromatic N) is 3. The van der Waals surface area contributed by atoms with E-state index >= 15 is 0 Å². The Morgan fingerprint density at radius 2 is 1.94 bits per heavy atom. The number of amides is 1. The Kier molecular flexibility index (Phi) is 9.80. The molecule has 1 fully saturated rings. The fraction of sp³-hybridized carbons (Fsp3) is 0.522. The minimum absolute atomic E-state index is 0. The maximum absolute atomic E-state index is 12.0. The molecule has 0 bridgehead atoms. The zero-order valence-corrected chi connectivity index (χ0v) is 21.2. The normalized spacial score (nSPS) is 18.8. The van der Waals surface area contributed by atoms with Crippen molar-refractivity contribution in [2.75, 3.05) is 20.6 Å². The van der Waals surface area contributed by atoms with Crippen LogP contribution in [-0.2, 0) is 11.3 Å². The van der Waals surface area contributed by atoms with Crippen molar-refractivity contribution in [1.82, 2.24) is 20.5 Å². The maximum atomic E-state index is 12.0. The number of aryl methyl sites for hydroxylation is 1. The summed E-state index contributed by atoms with van der Waals surface area (Å²) in [5, 5.41) is 6.70. The Balaban J connectivity index is 0.00000341. The molecular weight excluding hydrogens is 505 g/mol. The molecule has 3 rings (SSSR count). The lowest BCUT2D eigenvalue weighted by Gasteiger charge is -2.31. The van der Waals surface area contributed by atoms with Gasteiger partial charge in [-0.1, -0.05) is 37.5 Å². The van der Waals surface area contributed by atoms with Crippen LogP contribution in [0.15, 0.2) is 39.9 Å². The van der Waals surface area contributed by atoms with E-state index in [2.05, 4.69) is 34.5 Å². The molecule has 0 saturated heterocycles. The first-order valence-electron chi connectivity index (χ1n) is 10.7. The first-order chi connectivity index (χ1) is 14.4. The molecule has 0 radical (unpaired) electrons. The van der Waals surface area contributed by atoms with Gasteiger partial charge in [-0.05, 0) is 37.8 Å². The molecule has 8 heteroatoms. The molecule has 2 unspecified atom stereocenters. The van der Waals surface area contributed by atoms with Crippen LogP contribution in [0.25, 0.3) is 11.5 Å². The second kappa shape index (κ2) is 12.1. The van der Waals surface area contributed by atoms with Crippen molar-refractivity contribution in [3.8, 4) is 11.5 Å². The number of halogens is 1. The summed E-state index contributed by atoms with van der Waals surface area (Å²) in [5.41, 5.74) is 2.89. The van der Waals surface area contributed by atoms with Crippen LogP contribution in [-0.4, -0.2) is 48.4 Å². The molecule has 1 heterocycles. The number of oxazole rings is 1. The number of aliphatic imine (C=N–C) groups is 1. The zero-order chi connectivity index (χ0) is 21.5. The maximum Gasteiger partial charge on any atom is 0.241 e. The third-order valence-electron chi connectivity index (χ3n) is 5.59. The van der Waals surface area contributed by atoms with Crippen molar-refractivity contribution < 1.29 is 9.21 Å². The Bertz CT molecular complexity index is 863. The quantitative estimate of drug-likeness (QED) is 0.330. The van der Waals surface area contributed by atoms with Gasteiger partial charge in [-0.15, -0.1) is 24.0 Å². The molecular formula is C23H34IN5O2. The smallest absolute Gasteiger partial charge is 0.241 e. The van der Waals surface area contributed by atoms with Crippen molar-refractivity contribution in [1.29, 1.82) is 0 Å². The average molecular weight is 539 g/mol. The van der Waals surface area contributed by atoms with Gasteiger partial charge >= 0.3 is 0 Å². The minimum atomic E-state index is 0. The number of carbonyl (C=O) groups excluding carboxylic acids is 1. The number of carbonyl (C=O) groups is 1. The van der Waals surface area contributed by atoms with E-state index < -0.39 is 0 Å². The molecule has 31 heavy (non-hydrogen) atoms. The summed E-state index contributed by atoms with van der Waals surface area (Å²) in [6.07, 6.45) is 6.47. The van der Waals surface area contributed by atoms with Crippen LogP contribution in [0.5, 0.6) is 0 Å². The van der Waals surface area contributed by atoms with Gasteiger partial charge in [0.25, 0.3) is 0 Å². The summed E-state index contributed by atoms with van der Waals surface area (Å²) in [6.45, 7) is 4.90. The zero-order valence-electron chi connectivity index (χ0n) is 18.9. The van der Waals surface area contributed by atoms with E-state index in [9.17, 15) is 4.79 Å². The molecule has 0 spiro atoms. The van der Waals surface area contributed by atoms with E-state index in [0.717, 1.165) is 17.7 Å². The molecule has 1 aliphatic carbocycles. The minimum Gasteiger partial charge on any atom is -0.444 e. The van der Waals surface area contributed by atoms with Crippen LogP contribution in [0.2, 0.25) is 0 Å². The van der Waals surface area contributed by atoms with Crippen molar-refractivity contribution in [2.45, 2.75) is 52.1 Å². The van der Waals surface area contributed by atoms with Gasteiger partial charge in [0.2, 0.25) is 11.8 Å². The fourth-order valence-corrected chi connectivity index (χ4v) is 3.54. The Morgan fingerprint density at radius 3 is 2.61 bits per heavy atom. The Labute approximate surface area is 202 Å². The summed E-state index contributed by atoms with van der Waals surface area (Å²) < 4.78 is 5.64. The first-order valence-corrected chi connectivity index (χ1v) is 10.7. The van der Waals surface area contributed by atoms with Gasteiger partial charge in [0.15, 0.2) is 5.96 Å². The van der Waals surface area contributed by atoms with Gasteiger partial charge in [-0.2, -0.15) is 0 Å². The lowest BCUT2D eigenvalue weighted by atomic mass is 9.86. The van der Waals surface area contributed by atoms with Crippen LogP contribution in [0, 0.1) is 12.8 Å². The second-order valence-electron chi connectivity index (χ2n) is 8.33. The number of guanidine groups is 1. The van der Waals surface area contributed by atoms with Crippen LogP contribution in [0.1, 0.15) is 43.9 Å². The molecule has 1 aromatic carbocycles. The standard InChI is InChI=1S/C23H33N5O2.HI/c1-16-9-11-18(12-10-16)22-26-19(15-30-22)13-24-23(25-14-21(29)28(3)4)27-20-8-6-5-7-17(20)2;/h9-12,15,17,20H,5-8,13-14H2,1-4H3,(H2,24,25,27);1H. The third-order valence-corrected chi connectivity index (χ3v) is 5.59. The third kappa shape index (κ3) is 7.52. The highest BCUT2D eigenvalue weighted by Gasteiger charge is 2.22. The monoisotopic (exact) mass is 539 g/mol. The van der Waals surface area contributed by atoms with Gasteiger partial charge in [0, 0.05) is 25.7 Å². The van der Waals surface area contributed by atoms with E-state index in [1.165, 1.54) is 24.8 Å². The van der Waals surface area contributed by atoms with Crippen LogP contribution >= 0.6 is 24.0 Å². The number of hydrogen-bond donors (Lipinski definition) is 2. The predicted molar refractivity (Wildman–Crippen MR) is 134 cm³/mol. The molecule has 2 N–H and O–H groups in total. The molecule has 1 amide bonds. The van der Waals surface area contributed by atoms with Crippen LogP contribution < -0.4 is 10.6 Å². The van der Waals surface area contributed by atoms with Crippen LogP contribution in [0.4, 0.5) is 0 Å². The van der Waals surface area contributed by atoms with Crippen molar-refractivity contribution in [3.05, 3.63) is 41.8 Å². The number of hydrogen-bond acceptors (Lipinski definition) is 4. The van der Waals surface area contributed by atoms with Crippen molar-refractivity contribution in [2.24, 2.45) is 10.9 Å². The molecule has 7 nitrogen and oxygen atoms in total. The average Bonchev–Trinajstić information content (AvgIpc) is 3.20. The summed E-state index contributed by atoms with van der Waals surface area (Å²) in [5.74, 6) is 1.81. The first kappa shape index (κ1) is 25.2. The van der Waals surface area contributed by atoms with Gasteiger partial charge in [0.05, 0.1) is 13.1 Å². The summed E-state index contributed by atoms with van der Waals surface area (Å²) >= 11 is 0. The van der Waals surface area contributed by atoms with E-state index in [0.29, 0.717) is 30.4 Å². The van der Waals surface area contributed by atoms with Gasteiger partial charge < -0.3 is 20.0 Å². The summed E-state index contributed by atoms with van der Waals surface area (Å²) in [7, 11) is 3.50. The molecule has 1 aromatic heterocycles. The molecule has 170 valence electrons. The molecule has 2 atom stereocenters. The molecule has 0 aliphatic heterocycles. The lowest BCUT2D eigenvalue weighted by molar-refractivity contribution is -0.127. The number of aromatic nitrogens is 1. The Morgan fingerprint density at radius 1 is 1.23 bits per heavy atom. The highest BCUT2D eigenvalue weighted by molar-refractivity contribution is 14.0. The van der Waals surface area contributed by atoms with Crippen molar-refractivity contribution in [3.63, 3.8) is 0 Å². The molecule has 1 aliphatic rings. The highest BCUT2D eigenvalue weighted by Crippen LogP contribution is 2.23. The van der Waals surface area contributed by atoms with Crippen molar-refractivity contribution >= 4 is 35.8 Å². The van der Waals surface area contributed by atoms with E-state index in [-0.39, 0.29) is 36.4 Å². The number of rotatable bonds is 6.